The molecule has 0 aromatic heterocycles. The molecule has 1 aliphatic carbocycles. The minimum absolute atomic E-state index is 0.451. The minimum Gasteiger partial charge on any atom is -0.308 e. The SMILES string of the molecule is Cc1cccc(C(=NC2CCCC2)NN)c1. The van der Waals surface area contributed by atoms with Gasteiger partial charge in [-0.15, -0.1) is 0 Å². The van der Waals surface area contributed by atoms with Crippen LogP contribution >= 0.6 is 0 Å². The fraction of sp³-hybridized carbons (Fsp3) is 0.462. The van der Waals surface area contributed by atoms with Gasteiger partial charge in [0.25, 0.3) is 0 Å². The zero-order chi connectivity index (χ0) is 11.4. The topological polar surface area (TPSA) is 50.4 Å². The number of hydrogen-bond donors (Lipinski definition) is 2. The van der Waals surface area contributed by atoms with E-state index in [0.717, 1.165) is 11.4 Å². The molecule has 3 heteroatoms. The first kappa shape index (κ1) is 11.1. The van der Waals surface area contributed by atoms with Crippen molar-refractivity contribution in [2.45, 2.75) is 38.6 Å². The van der Waals surface area contributed by atoms with Crippen LogP contribution < -0.4 is 11.3 Å². The molecule has 0 spiro atoms. The number of rotatable bonds is 2. The van der Waals surface area contributed by atoms with Gasteiger partial charge in [0, 0.05) is 5.56 Å². The highest BCUT2D eigenvalue weighted by Crippen LogP contribution is 2.21. The lowest BCUT2D eigenvalue weighted by atomic mass is 10.1. The summed E-state index contributed by atoms with van der Waals surface area (Å²) in [5.41, 5.74) is 5.03. The van der Waals surface area contributed by atoms with Crippen LogP contribution in [0.5, 0.6) is 0 Å². The molecule has 1 saturated carbocycles. The molecule has 1 aromatic rings. The molecule has 0 atom stereocenters. The van der Waals surface area contributed by atoms with E-state index in [4.69, 9.17) is 5.84 Å². The van der Waals surface area contributed by atoms with Crippen LogP contribution in [0, 0.1) is 6.92 Å². The van der Waals surface area contributed by atoms with Crippen LogP contribution in [0.2, 0.25) is 0 Å². The van der Waals surface area contributed by atoms with Crippen LogP contribution in [0.1, 0.15) is 36.8 Å². The van der Waals surface area contributed by atoms with Gasteiger partial charge in [-0.1, -0.05) is 36.6 Å². The van der Waals surface area contributed by atoms with Crippen molar-refractivity contribution in [3.8, 4) is 0 Å². The lowest BCUT2D eigenvalue weighted by Crippen LogP contribution is -2.32. The number of amidine groups is 1. The molecule has 0 unspecified atom stereocenters. The van der Waals surface area contributed by atoms with E-state index in [0.29, 0.717) is 6.04 Å². The maximum Gasteiger partial charge on any atom is 0.142 e. The van der Waals surface area contributed by atoms with E-state index in [1.165, 1.54) is 31.2 Å². The van der Waals surface area contributed by atoms with Crippen LogP contribution in [-0.2, 0) is 0 Å². The fourth-order valence-electron chi connectivity index (χ4n) is 2.20. The van der Waals surface area contributed by atoms with Gasteiger partial charge >= 0.3 is 0 Å². The summed E-state index contributed by atoms with van der Waals surface area (Å²) < 4.78 is 0. The molecular formula is C13H19N3. The quantitative estimate of drug-likeness (QED) is 0.345. The van der Waals surface area contributed by atoms with Gasteiger partial charge in [-0.25, -0.2) is 5.84 Å². The Kier molecular flexibility index (Phi) is 3.57. The number of nitrogens with two attached hydrogens (primary N) is 1. The molecular weight excluding hydrogens is 198 g/mol. The molecule has 86 valence electrons. The van der Waals surface area contributed by atoms with Crippen molar-refractivity contribution in [3.05, 3.63) is 35.4 Å². The summed E-state index contributed by atoms with van der Waals surface area (Å²) in [5.74, 6) is 6.37. The number of nitrogens with zero attached hydrogens (tertiary/aromatic N) is 1. The second-order valence-corrected chi connectivity index (χ2v) is 4.43. The number of aryl methyl sites for hydroxylation is 1. The van der Waals surface area contributed by atoms with Crippen molar-refractivity contribution in [2.75, 3.05) is 0 Å². The van der Waals surface area contributed by atoms with E-state index in [-0.39, 0.29) is 0 Å². The largest absolute Gasteiger partial charge is 0.308 e. The van der Waals surface area contributed by atoms with E-state index >= 15 is 0 Å². The van der Waals surface area contributed by atoms with Crippen molar-refractivity contribution in [1.82, 2.24) is 5.43 Å². The second-order valence-electron chi connectivity index (χ2n) is 4.43. The first-order valence-electron chi connectivity index (χ1n) is 5.91. The lowest BCUT2D eigenvalue weighted by molar-refractivity contribution is 0.701. The zero-order valence-corrected chi connectivity index (χ0v) is 9.74. The molecule has 0 saturated heterocycles. The summed E-state index contributed by atoms with van der Waals surface area (Å²) in [6.45, 7) is 2.08. The monoisotopic (exact) mass is 217 g/mol. The Morgan fingerprint density at radius 1 is 1.38 bits per heavy atom. The average Bonchev–Trinajstić information content (AvgIpc) is 2.78. The second kappa shape index (κ2) is 5.12. The first-order valence-corrected chi connectivity index (χ1v) is 5.91. The van der Waals surface area contributed by atoms with E-state index in [1.807, 2.05) is 12.1 Å². The van der Waals surface area contributed by atoms with Crippen molar-refractivity contribution in [3.63, 3.8) is 0 Å². The smallest absolute Gasteiger partial charge is 0.142 e. The maximum absolute atomic E-state index is 5.55. The summed E-state index contributed by atoms with van der Waals surface area (Å²) in [6.07, 6.45) is 4.97. The molecule has 2 rings (SSSR count). The summed E-state index contributed by atoms with van der Waals surface area (Å²) in [6, 6.07) is 8.71. The Bertz CT molecular complexity index is 379. The molecule has 1 aromatic carbocycles. The van der Waals surface area contributed by atoms with Crippen LogP contribution in [0.3, 0.4) is 0 Å². The molecule has 0 radical (unpaired) electrons. The zero-order valence-electron chi connectivity index (χ0n) is 9.74. The van der Waals surface area contributed by atoms with Crippen molar-refractivity contribution >= 4 is 5.84 Å². The molecule has 3 nitrogen and oxygen atoms in total. The highest BCUT2D eigenvalue weighted by molar-refractivity contribution is 5.98. The Labute approximate surface area is 96.7 Å². The Morgan fingerprint density at radius 2 is 2.12 bits per heavy atom. The highest BCUT2D eigenvalue weighted by atomic mass is 15.3. The van der Waals surface area contributed by atoms with Crippen molar-refractivity contribution in [1.29, 1.82) is 0 Å². The standard InChI is InChI=1S/C13H19N3/c1-10-5-4-6-11(9-10)13(16-14)15-12-7-2-3-8-12/h4-6,9,12H,2-3,7-8,14H2,1H3,(H,15,16). The minimum atomic E-state index is 0.451. The summed E-state index contributed by atoms with van der Waals surface area (Å²) in [4.78, 5) is 4.69. The van der Waals surface area contributed by atoms with Gasteiger partial charge in [0.1, 0.15) is 5.84 Å². The first-order chi connectivity index (χ1) is 7.79. The van der Waals surface area contributed by atoms with Gasteiger partial charge in [-0.2, -0.15) is 0 Å². The summed E-state index contributed by atoms with van der Waals surface area (Å²) >= 11 is 0. The maximum atomic E-state index is 5.55. The van der Waals surface area contributed by atoms with Crippen molar-refractivity contribution < 1.29 is 0 Å². The molecule has 16 heavy (non-hydrogen) atoms. The molecule has 3 N–H and O–H groups in total. The van der Waals surface area contributed by atoms with E-state index in [2.05, 4.69) is 29.5 Å². The molecule has 0 heterocycles. The van der Waals surface area contributed by atoms with Gasteiger partial charge in [0.2, 0.25) is 0 Å². The third kappa shape index (κ3) is 2.61. The van der Waals surface area contributed by atoms with Gasteiger partial charge in [0.15, 0.2) is 0 Å². The number of aliphatic imine (C=N–C) groups is 1. The normalized spacial score (nSPS) is 17.8. The predicted octanol–water partition coefficient (Wildman–Crippen LogP) is 2.15. The molecule has 1 aliphatic rings. The van der Waals surface area contributed by atoms with E-state index < -0.39 is 0 Å². The fourth-order valence-corrected chi connectivity index (χ4v) is 2.20. The number of benzene rings is 1. The predicted molar refractivity (Wildman–Crippen MR) is 67.3 cm³/mol. The van der Waals surface area contributed by atoms with Gasteiger partial charge in [0.05, 0.1) is 6.04 Å². The van der Waals surface area contributed by atoms with Crippen LogP contribution in [-0.4, -0.2) is 11.9 Å². The summed E-state index contributed by atoms with van der Waals surface area (Å²) in [7, 11) is 0. The van der Waals surface area contributed by atoms with Crippen molar-refractivity contribution in [2.24, 2.45) is 10.8 Å². The lowest BCUT2D eigenvalue weighted by Gasteiger charge is -2.10. The summed E-state index contributed by atoms with van der Waals surface area (Å²) in [5, 5.41) is 0. The number of hydrogen-bond acceptors (Lipinski definition) is 2. The Hall–Kier alpha value is -1.35. The van der Waals surface area contributed by atoms with Crippen LogP contribution in [0.15, 0.2) is 29.3 Å². The molecule has 0 bridgehead atoms. The number of nitrogens with one attached hydrogen (secondary N) is 1. The van der Waals surface area contributed by atoms with Crippen LogP contribution in [0.4, 0.5) is 0 Å². The third-order valence-corrected chi connectivity index (χ3v) is 3.06. The van der Waals surface area contributed by atoms with Gasteiger partial charge in [-0.3, -0.25) is 4.99 Å². The Morgan fingerprint density at radius 3 is 2.75 bits per heavy atom. The average molecular weight is 217 g/mol. The molecule has 0 aliphatic heterocycles. The molecule has 1 fully saturated rings. The highest BCUT2D eigenvalue weighted by Gasteiger charge is 2.14. The Balaban J connectivity index is 2.21. The molecule has 0 amide bonds. The van der Waals surface area contributed by atoms with E-state index in [9.17, 15) is 0 Å². The van der Waals surface area contributed by atoms with Crippen LogP contribution in [0.25, 0.3) is 0 Å². The third-order valence-electron chi connectivity index (χ3n) is 3.06. The van der Waals surface area contributed by atoms with Gasteiger partial charge in [-0.05, 0) is 25.8 Å². The van der Waals surface area contributed by atoms with Gasteiger partial charge < -0.3 is 5.43 Å². The van der Waals surface area contributed by atoms with E-state index in [1.54, 1.807) is 0 Å². The number of hydrazine groups is 1.